The van der Waals surface area contributed by atoms with Crippen LogP contribution >= 0.6 is 15.9 Å². The number of halogens is 4. The molecule has 9 heteroatoms. The lowest BCUT2D eigenvalue weighted by Crippen LogP contribution is -2.14. The summed E-state index contributed by atoms with van der Waals surface area (Å²) in [6.45, 7) is 0. The maximum atomic E-state index is 13.1. The number of nitrogens with one attached hydrogen (secondary N) is 1. The van der Waals surface area contributed by atoms with Gasteiger partial charge < -0.3 is 4.74 Å². The minimum absolute atomic E-state index is 0.0405. The standard InChI is InChI=1S/C13H9BrF3NO3S/c1-21-11-3-2-7(14)4-12(11)22(19,20)18-8-5-9(15)13(17)10(16)6-8/h2-6,18H,1H3. The van der Waals surface area contributed by atoms with E-state index in [0.29, 0.717) is 16.6 Å². The van der Waals surface area contributed by atoms with Crippen LogP contribution in [0.15, 0.2) is 39.7 Å². The molecule has 0 heterocycles. The normalized spacial score (nSPS) is 11.3. The highest BCUT2D eigenvalue weighted by atomic mass is 79.9. The molecule has 0 radical (unpaired) electrons. The molecule has 0 aromatic heterocycles. The van der Waals surface area contributed by atoms with Crippen LogP contribution in [-0.2, 0) is 10.0 Å². The lowest BCUT2D eigenvalue weighted by Gasteiger charge is -2.12. The SMILES string of the molecule is COc1ccc(Br)cc1S(=O)(=O)Nc1cc(F)c(F)c(F)c1. The van der Waals surface area contributed by atoms with E-state index in [0.717, 1.165) is 0 Å². The first-order valence-corrected chi connectivity index (χ1v) is 8.03. The molecule has 0 saturated heterocycles. The van der Waals surface area contributed by atoms with Gasteiger partial charge in [-0.3, -0.25) is 4.72 Å². The number of hydrogen-bond donors (Lipinski definition) is 1. The molecule has 0 saturated carbocycles. The van der Waals surface area contributed by atoms with Gasteiger partial charge in [-0.25, -0.2) is 21.6 Å². The topological polar surface area (TPSA) is 55.4 Å². The van der Waals surface area contributed by atoms with Gasteiger partial charge in [0.05, 0.1) is 12.8 Å². The zero-order valence-electron chi connectivity index (χ0n) is 11.0. The molecule has 0 bridgehead atoms. The molecule has 2 aromatic carbocycles. The summed E-state index contributed by atoms with van der Waals surface area (Å²) in [7, 11) is -2.91. The Hall–Kier alpha value is -1.74. The molecule has 0 atom stereocenters. The number of methoxy groups -OCH3 is 1. The Kier molecular flexibility index (Phi) is 4.66. The molecule has 1 N–H and O–H groups in total. The maximum absolute atomic E-state index is 13.1. The summed E-state index contributed by atoms with van der Waals surface area (Å²) in [5, 5.41) is 0. The summed E-state index contributed by atoms with van der Waals surface area (Å²) < 4.78 is 71.1. The van der Waals surface area contributed by atoms with Crippen molar-refractivity contribution in [1.29, 1.82) is 0 Å². The third-order valence-corrected chi connectivity index (χ3v) is 4.55. The molecule has 2 aromatic rings. The second kappa shape index (κ2) is 6.17. The van der Waals surface area contributed by atoms with Gasteiger partial charge in [0, 0.05) is 16.6 Å². The first-order chi connectivity index (χ1) is 10.2. The Morgan fingerprint density at radius 2 is 1.68 bits per heavy atom. The fourth-order valence-electron chi connectivity index (χ4n) is 1.69. The van der Waals surface area contributed by atoms with Crippen LogP contribution in [0.25, 0.3) is 0 Å². The van der Waals surface area contributed by atoms with Crippen LogP contribution in [-0.4, -0.2) is 15.5 Å². The first kappa shape index (κ1) is 16.6. The number of rotatable bonds is 4. The van der Waals surface area contributed by atoms with E-state index >= 15 is 0 Å². The molecule has 0 aliphatic rings. The Labute approximate surface area is 133 Å². The van der Waals surface area contributed by atoms with Gasteiger partial charge in [-0.15, -0.1) is 0 Å². The molecule has 2 rings (SSSR count). The molecule has 0 fully saturated rings. The fourth-order valence-corrected chi connectivity index (χ4v) is 3.43. The van der Waals surface area contributed by atoms with Crippen LogP contribution in [0.1, 0.15) is 0 Å². The number of anilines is 1. The number of benzene rings is 2. The molecule has 0 aliphatic carbocycles. The van der Waals surface area contributed by atoms with E-state index in [9.17, 15) is 21.6 Å². The zero-order valence-corrected chi connectivity index (χ0v) is 13.4. The van der Waals surface area contributed by atoms with Crippen molar-refractivity contribution in [3.63, 3.8) is 0 Å². The van der Waals surface area contributed by atoms with Crippen molar-refractivity contribution in [2.24, 2.45) is 0 Å². The lowest BCUT2D eigenvalue weighted by atomic mass is 10.3. The predicted molar refractivity (Wildman–Crippen MR) is 77.8 cm³/mol. The minimum atomic E-state index is -4.19. The molecule has 0 amide bonds. The van der Waals surface area contributed by atoms with E-state index in [-0.39, 0.29) is 10.6 Å². The average Bonchev–Trinajstić information content (AvgIpc) is 2.44. The van der Waals surface area contributed by atoms with E-state index in [1.54, 1.807) is 6.07 Å². The van der Waals surface area contributed by atoms with E-state index < -0.39 is 33.2 Å². The largest absolute Gasteiger partial charge is 0.495 e. The molecule has 0 spiro atoms. The van der Waals surface area contributed by atoms with E-state index in [2.05, 4.69) is 15.9 Å². The Morgan fingerprint density at radius 3 is 2.23 bits per heavy atom. The van der Waals surface area contributed by atoms with Crippen molar-refractivity contribution in [3.8, 4) is 5.75 Å². The Balaban J connectivity index is 2.46. The van der Waals surface area contributed by atoms with Crippen LogP contribution < -0.4 is 9.46 Å². The molecule has 4 nitrogen and oxygen atoms in total. The molecular formula is C13H9BrF3NO3S. The van der Waals surface area contributed by atoms with Gasteiger partial charge >= 0.3 is 0 Å². The molecule has 0 aliphatic heterocycles. The monoisotopic (exact) mass is 395 g/mol. The second-order valence-electron chi connectivity index (χ2n) is 4.15. The van der Waals surface area contributed by atoms with Gasteiger partial charge in [-0.1, -0.05) is 15.9 Å². The summed E-state index contributed by atoms with van der Waals surface area (Å²) in [5.74, 6) is -4.64. The van der Waals surface area contributed by atoms with Crippen molar-refractivity contribution < 1.29 is 26.3 Å². The first-order valence-electron chi connectivity index (χ1n) is 5.75. The van der Waals surface area contributed by atoms with Crippen LogP contribution in [0.5, 0.6) is 5.75 Å². The smallest absolute Gasteiger partial charge is 0.265 e. The number of ether oxygens (including phenoxy) is 1. The average molecular weight is 396 g/mol. The third kappa shape index (κ3) is 3.36. The summed E-state index contributed by atoms with van der Waals surface area (Å²) in [5.41, 5.74) is -0.446. The molecule has 22 heavy (non-hydrogen) atoms. The summed E-state index contributed by atoms with van der Waals surface area (Å²) in [6.07, 6.45) is 0. The van der Waals surface area contributed by atoms with E-state index in [4.69, 9.17) is 4.74 Å². The Morgan fingerprint density at radius 1 is 1.09 bits per heavy atom. The van der Waals surface area contributed by atoms with Gasteiger partial charge in [0.1, 0.15) is 10.6 Å². The van der Waals surface area contributed by atoms with Crippen LogP contribution in [0, 0.1) is 17.5 Å². The quantitative estimate of drug-likeness (QED) is 0.803. The molecule has 118 valence electrons. The number of sulfonamides is 1. The van der Waals surface area contributed by atoms with Crippen molar-refractivity contribution >= 4 is 31.6 Å². The summed E-state index contributed by atoms with van der Waals surface area (Å²) in [4.78, 5) is -0.241. The minimum Gasteiger partial charge on any atom is -0.495 e. The van der Waals surface area contributed by atoms with Gasteiger partial charge in [0.25, 0.3) is 10.0 Å². The van der Waals surface area contributed by atoms with Crippen LogP contribution in [0.3, 0.4) is 0 Å². The highest BCUT2D eigenvalue weighted by Crippen LogP contribution is 2.29. The van der Waals surface area contributed by atoms with Crippen LogP contribution in [0.4, 0.5) is 18.9 Å². The fraction of sp³-hybridized carbons (Fsp3) is 0.0769. The molecule has 0 unspecified atom stereocenters. The van der Waals surface area contributed by atoms with Gasteiger partial charge in [0.15, 0.2) is 17.5 Å². The number of hydrogen-bond acceptors (Lipinski definition) is 3. The summed E-state index contributed by atoms with van der Waals surface area (Å²) >= 11 is 3.12. The van der Waals surface area contributed by atoms with E-state index in [1.165, 1.54) is 19.2 Å². The van der Waals surface area contributed by atoms with Crippen molar-refractivity contribution in [1.82, 2.24) is 0 Å². The summed E-state index contributed by atoms with van der Waals surface area (Å²) in [6, 6.07) is 5.32. The van der Waals surface area contributed by atoms with Crippen LogP contribution in [0.2, 0.25) is 0 Å². The Bertz CT molecular complexity index is 804. The third-order valence-electron chi connectivity index (χ3n) is 2.65. The predicted octanol–water partition coefficient (Wildman–Crippen LogP) is 3.68. The van der Waals surface area contributed by atoms with Gasteiger partial charge in [-0.2, -0.15) is 0 Å². The zero-order chi connectivity index (χ0) is 16.5. The van der Waals surface area contributed by atoms with Crippen molar-refractivity contribution in [2.75, 3.05) is 11.8 Å². The highest BCUT2D eigenvalue weighted by Gasteiger charge is 2.21. The van der Waals surface area contributed by atoms with Gasteiger partial charge in [0.2, 0.25) is 0 Å². The van der Waals surface area contributed by atoms with Crippen molar-refractivity contribution in [3.05, 3.63) is 52.3 Å². The second-order valence-corrected chi connectivity index (χ2v) is 6.72. The molecular weight excluding hydrogens is 387 g/mol. The van der Waals surface area contributed by atoms with Gasteiger partial charge in [-0.05, 0) is 18.2 Å². The van der Waals surface area contributed by atoms with Crippen molar-refractivity contribution in [2.45, 2.75) is 4.90 Å². The highest BCUT2D eigenvalue weighted by molar-refractivity contribution is 9.10. The van der Waals surface area contributed by atoms with E-state index in [1.807, 2.05) is 4.72 Å². The maximum Gasteiger partial charge on any atom is 0.265 e. The lowest BCUT2D eigenvalue weighted by molar-refractivity contribution is 0.403.